The number of rotatable bonds is 10. The van der Waals surface area contributed by atoms with Crippen LogP contribution in [0.5, 0.6) is 11.5 Å². The highest BCUT2D eigenvalue weighted by molar-refractivity contribution is 7.80. The summed E-state index contributed by atoms with van der Waals surface area (Å²) in [7, 11) is 1.65. The van der Waals surface area contributed by atoms with Gasteiger partial charge in [0.25, 0.3) is 0 Å². The van der Waals surface area contributed by atoms with Crippen LogP contribution in [0.2, 0.25) is 0 Å². The number of methoxy groups -OCH3 is 1. The van der Waals surface area contributed by atoms with Gasteiger partial charge in [-0.1, -0.05) is 165 Å². The van der Waals surface area contributed by atoms with Gasteiger partial charge in [-0.05, 0) is 83.0 Å². The van der Waals surface area contributed by atoms with Crippen molar-refractivity contribution in [2.24, 2.45) is 0 Å². The molecule has 0 amide bonds. The maximum absolute atomic E-state index is 11.9. The maximum atomic E-state index is 11.9. The van der Waals surface area contributed by atoms with Gasteiger partial charge in [-0.3, -0.25) is 0 Å². The highest BCUT2D eigenvalue weighted by Crippen LogP contribution is 2.39. The molecule has 0 radical (unpaired) electrons. The summed E-state index contributed by atoms with van der Waals surface area (Å²) in [5.41, 5.74) is 4.18. The van der Waals surface area contributed by atoms with Gasteiger partial charge in [0.05, 0.1) is 29.9 Å². The van der Waals surface area contributed by atoms with Gasteiger partial charge >= 0.3 is 0 Å². The van der Waals surface area contributed by atoms with Gasteiger partial charge in [0.2, 0.25) is 0 Å². The number of thiol groups is 1. The molecule has 0 aliphatic heterocycles. The lowest BCUT2D eigenvalue weighted by Crippen LogP contribution is -2.30. The summed E-state index contributed by atoms with van der Waals surface area (Å²) in [6.45, 7) is 2.10. The van der Waals surface area contributed by atoms with Gasteiger partial charge in [0.1, 0.15) is 11.5 Å². The molecular formula is C52H48N2O4S. The van der Waals surface area contributed by atoms with E-state index in [1.54, 1.807) is 19.2 Å². The van der Waals surface area contributed by atoms with Gasteiger partial charge in [-0.25, -0.2) is 9.97 Å². The number of aliphatic hydroxyl groups is 2. The Balaban J connectivity index is 0.000000182. The zero-order valence-electron chi connectivity index (χ0n) is 33.1. The van der Waals surface area contributed by atoms with Crippen LogP contribution in [-0.2, 0) is 11.2 Å². The van der Waals surface area contributed by atoms with Crippen molar-refractivity contribution in [3.8, 4) is 34.0 Å². The molecule has 0 atom stereocenters. The van der Waals surface area contributed by atoms with Crippen molar-refractivity contribution in [1.29, 1.82) is 0 Å². The van der Waals surface area contributed by atoms with Crippen molar-refractivity contribution in [2.45, 2.75) is 24.5 Å². The van der Waals surface area contributed by atoms with E-state index in [1.807, 2.05) is 194 Å². The Morgan fingerprint density at radius 2 is 0.797 bits per heavy atom. The van der Waals surface area contributed by atoms with Crippen molar-refractivity contribution in [3.05, 3.63) is 240 Å². The second kappa shape index (κ2) is 20.3. The van der Waals surface area contributed by atoms with E-state index in [0.717, 1.165) is 45.0 Å². The molecule has 0 spiro atoms. The standard InChI is InChI=1S/C25H21NO2.C24H19NO2.C3H8S/c1-28-23-17-9-8-15-21(23)22-16-10-18-24(26-22)25(27,19-11-4-2-5-12-19)20-13-6-3-7-14-20;26-22-16-8-7-14-20(22)21-15-9-17-23(25-21)24(27,18-10-3-1-4-11-18)19-12-5-2-6-13-19;1-2-3-4/h2-18,27H,1H3;1-17,26-27H;4H,2-3H2,1H3. The summed E-state index contributed by atoms with van der Waals surface area (Å²) in [5.74, 6) is 1.92. The van der Waals surface area contributed by atoms with Gasteiger partial charge < -0.3 is 20.1 Å². The smallest absolute Gasteiger partial charge is 0.157 e. The Hall–Kier alpha value is -6.51. The number of hydrogen-bond donors (Lipinski definition) is 4. The predicted octanol–water partition coefficient (Wildman–Crippen LogP) is 11.1. The Labute approximate surface area is 352 Å². The summed E-state index contributed by atoms with van der Waals surface area (Å²) in [4.78, 5) is 9.57. The summed E-state index contributed by atoms with van der Waals surface area (Å²) < 4.78 is 5.49. The summed E-state index contributed by atoms with van der Waals surface area (Å²) in [5, 5.41) is 34.0. The molecular weight excluding hydrogens is 749 g/mol. The maximum Gasteiger partial charge on any atom is 0.157 e. The third-order valence-corrected chi connectivity index (χ3v) is 10.2. The third-order valence-electron chi connectivity index (χ3n) is 9.79. The molecule has 0 unspecified atom stereocenters. The largest absolute Gasteiger partial charge is 0.507 e. The minimum absolute atomic E-state index is 0.158. The molecule has 3 N–H and O–H groups in total. The van der Waals surface area contributed by atoms with E-state index < -0.39 is 11.2 Å². The van der Waals surface area contributed by atoms with Crippen LogP contribution in [0.4, 0.5) is 0 Å². The first-order valence-electron chi connectivity index (χ1n) is 19.5. The van der Waals surface area contributed by atoms with Crippen LogP contribution in [0, 0.1) is 0 Å². The molecule has 296 valence electrons. The number of phenols is 1. The average Bonchev–Trinajstić information content (AvgIpc) is 3.32. The Morgan fingerprint density at radius 1 is 0.458 bits per heavy atom. The van der Waals surface area contributed by atoms with Crippen molar-refractivity contribution >= 4 is 12.6 Å². The second-order valence-corrected chi connectivity index (χ2v) is 14.1. The predicted molar refractivity (Wildman–Crippen MR) is 242 cm³/mol. The number of nitrogens with zero attached hydrogens (tertiary/aromatic N) is 2. The molecule has 0 aliphatic rings. The number of hydrogen-bond acceptors (Lipinski definition) is 7. The highest BCUT2D eigenvalue weighted by atomic mass is 32.1. The van der Waals surface area contributed by atoms with Crippen molar-refractivity contribution in [2.75, 3.05) is 12.9 Å². The molecule has 6 aromatic carbocycles. The Morgan fingerprint density at radius 3 is 1.17 bits per heavy atom. The van der Waals surface area contributed by atoms with E-state index in [4.69, 9.17) is 14.7 Å². The quantitative estimate of drug-likeness (QED) is 0.103. The van der Waals surface area contributed by atoms with E-state index in [1.165, 1.54) is 6.42 Å². The first-order valence-corrected chi connectivity index (χ1v) is 20.1. The van der Waals surface area contributed by atoms with Crippen LogP contribution < -0.4 is 4.74 Å². The summed E-state index contributed by atoms with van der Waals surface area (Å²) in [6.07, 6.45) is 1.18. The SMILES string of the molecule is CCCS.COc1ccccc1-c1cccc(C(O)(c2ccccc2)c2ccccc2)n1.Oc1ccccc1-c1cccc(C(O)(c2ccccc2)c2ccccc2)n1. The van der Waals surface area contributed by atoms with Crippen LogP contribution in [0.3, 0.4) is 0 Å². The number of ether oxygens (including phenoxy) is 1. The number of aromatic nitrogens is 2. The van der Waals surface area contributed by atoms with E-state index in [0.29, 0.717) is 22.6 Å². The first kappa shape index (κ1) is 42.1. The van der Waals surface area contributed by atoms with Gasteiger partial charge in [0, 0.05) is 11.1 Å². The fourth-order valence-corrected chi connectivity index (χ4v) is 6.76. The normalized spacial score (nSPS) is 11.0. The van der Waals surface area contributed by atoms with Gasteiger partial charge in [-0.15, -0.1) is 0 Å². The van der Waals surface area contributed by atoms with Crippen LogP contribution >= 0.6 is 12.6 Å². The summed E-state index contributed by atoms with van der Waals surface area (Å²) >= 11 is 3.92. The first-order chi connectivity index (χ1) is 28.8. The molecule has 8 aromatic rings. The van der Waals surface area contributed by atoms with Gasteiger partial charge in [-0.2, -0.15) is 12.6 Å². The fraction of sp³-hybridized carbons (Fsp3) is 0.115. The molecule has 8 rings (SSSR count). The zero-order valence-corrected chi connectivity index (χ0v) is 34.0. The van der Waals surface area contributed by atoms with Crippen molar-refractivity contribution in [3.63, 3.8) is 0 Å². The number of aromatic hydroxyl groups is 1. The Kier molecular flexibility index (Phi) is 14.5. The van der Waals surface area contributed by atoms with E-state index in [9.17, 15) is 15.3 Å². The average molecular weight is 797 g/mol. The van der Waals surface area contributed by atoms with E-state index in [2.05, 4.69) is 19.6 Å². The van der Waals surface area contributed by atoms with Crippen LogP contribution in [0.25, 0.3) is 22.5 Å². The second-order valence-electron chi connectivity index (χ2n) is 13.6. The van der Waals surface area contributed by atoms with Crippen molar-refractivity contribution in [1.82, 2.24) is 9.97 Å². The molecule has 0 fully saturated rings. The highest BCUT2D eigenvalue weighted by Gasteiger charge is 2.36. The lowest BCUT2D eigenvalue weighted by atomic mass is 9.83. The third kappa shape index (κ3) is 9.62. The molecule has 0 saturated carbocycles. The molecule has 6 nitrogen and oxygen atoms in total. The minimum Gasteiger partial charge on any atom is -0.507 e. The zero-order chi connectivity index (χ0) is 41.5. The monoisotopic (exact) mass is 796 g/mol. The molecule has 0 bridgehead atoms. The lowest BCUT2D eigenvalue weighted by molar-refractivity contribution is 0.120. The molecule has 0 aliphatic carbocycles. The molecule has 7 heteroatoms. The number of para-hydroxylation sites is 2. The van der Waals surface area contributed by atoms with Gasteiger partial charge in [0.15, 0.2) is 11.2 Å². The number of pyridine rings is 2. The number of phenolic OH excluding ortho intramolecular Hbond substituents is 1. The fourth-order valence-electron chi connectivity index (χ4n) is 6.76. The van der Waals surface area contributed by atoms with E-state index >= 15 is 0 Å². The van der Waals surface area contributed by atoms with Crippen LogP contribution in [0.1, 0.15) is 47.0 Å². The minimum atomic E-state index is -1.40. The van der Waals surface area contributed by atoms with Crippen LogP contribution in [0.15, 0.2) is 206 Å². The molecule has 2 heterocycles. The topological polar surface area (TPSA) is 95.7 Å². The molecule has 0 saturated heterocycles. The van der Waals surface area contributed by atoms with Crippen LogP contribution in [-0.4, -0.2) is 38.2 Å². The Bertz CT molecular complexity index is 2420. The summed E-state index contributed by atoms with van der Waals surface area (Å²) in [6, 6.07) is 64.3. The van der Waals surface area contributed by atoms with E-state index in [-0.39, 0.29) is 5.75 Å². The molecule has 2 aromatic heterocycles. The van der Waals surface area contributed by atoms with Crippen molar-refractivity contribution < 1.29 is 20.1 Å². The molecule has 59 heavy (non-hydrogen) atoms. The lowest BCUT2D eigenvalue weighted by Gasteiger charge is -2.29. The number of benzene rings is 6.